The Morgan fingerprint density at radius 2 is 2.36 bits per heavy atom. The third-order valence-corrected chi connectivity index (χ3v) is 1.55. The van der Waals surface area contributed by atoms with Crippen LogP contribution in [0.3, 0.4) is 0 Å². The zero-order chi connectivity index (χ0) is 11.0. The predicted octanol–water partition coefficient (Wildman–Crippen LogP) is 1.02. The molecule has 0 saturated heterocycles. The van der Waals surface area contributed by atoms with Crippen LogP contribution in [0.4, 0.5) is 5.69 Å². The quantitative estimate of drug-likeness (QED) is 0.455. The number of aromatic nitrogens is 1. The highest BCUT2D eigenvalue weighted by atomic mass is 35.5. The Hall–Kier alpha value is -0.730. The van der Waals surface area contributed by atoms with Crippen molar-refractivity contribution in [3.05, 3.63) is 23.5 Å². The fourth-order valence-corrected chi connectivity index (χ4v) is 0.691. The number of anilines is 1. The van der Waals surface area contributed by atoms with Crippen molar-refractivity contribution in [2.45, 2.75) is 0 Å². The molecule has 1 unspecified atom stereocenters. The fraction of sp³-hybridized carbons (Fsp3) is 0.167. The van der Waals surface area contributed by atoms with E-state index in [-0.39, 0.29) is 0 Å². The maximum Gasteiger partial charge on any atom is 0.333 e. The topological polar surface area (TPSA) is 94.7 Å². The van der Waals surface area contributed by atoms with Crippen LogP contribution in [-0.4, -0.2) is 21.6 Å². The summed E-state index contributed by atoms with van der Waals surface area (Å²) in [6.07, 6.45) is 1.57. The zero-order valence-corrected chi connectivity index (χ0v) is 8.79. The number of halogens is 1. The van der Waals surface area contributed by atoms with E-state index in [1.54, 1.807) is 18.3 Å². The molecule has 0 aliphatic carbocycles. The molecular weight excluding hydrogens is 232 g/mol. The summed E-state index contributed by atoms with van der Waals surface area (Å²) < 4.78 is 16.6. The minimum absolute atomic E-state index is 0.435. The molecule has 1 atom stereocenters. The average molecular weight is 241 g/mol. The Kier molecular flexibility index (Phi) is 7.25. The molecule has 8 heteroatoms. The summed E-state index contributed by atoms with van der Waals surface area (Å²) in [7, 11) is 1.15. The first kappa shape index (κ1) is 13.3. The van der Waals surface area contributed by atoms with Gasteiger partial charge in [0.2, 0.25) is 0 Å². The third kappa shape index (κ3) is 6.75. The molecule has 1 rings (SSSR count). The summed E-state index contributed by atoms with van der Waals surface area (Å²) in [4.78, 5) is 3.73. The van der Waals surface area contributed by atoms with Crippen LogP contribution in [-0.2, 0) is 19.9 Å². The first-order valence-corrected chi connectivity index (χ1v) is 4.63. The molecule has 0 amide bonds. The highest BCUT2D eigenvalue weighted by Gasteiger charge is 1.87. The van der Waals surface area contributed by atoms with Gasteiger partial charge >= 0.3 is 11.4 Å². The van der Waals surface area contributed by atoms with Gasteiger partial charge in [0.1, 0.15) is 5.15 Å². The summed E-state index contributed by atoms with van der Waals surface area (Å²) in [6.45, 7) is 0. The molecule has 0 aliphatic rings. The van der Waals surface area contributed by atoms with Gasteiger partial charge in [-0.2, -0.15) is 4.21 Å². The number of nitrogens with two attached hydrogens (primary N) is 1. The first-order valence-electron chi connectivity index (χ1n) is 3.25. The Balaban J connectivity index is 0.000000255. The Labute approximate surface area is 88.4 Å². The lowest BCUT2D eigenvalue weighted by Gasteiger charge is -1.88. The van der Waals surface area contributed by atoms with Crippen molar-refractivity contribution >= 4 is 28.6 Å². The van der Waals surface area contributed by atoms with Gasteiger partial charge < -0.3 is 5.73 Å². The summed E-state index contributed by atoms with van der Waals surface area (Å²) in [5, 5.41) is 7.84. The van der Waals surface area contributed by atoms with Crippen LogP contribution in [0.1, 0.15) is 0 Å². The molecule has 0 radical (unpaired) electrons. The molecule has 0 fully saturated rings. The lowest BCUT2D eigenvalue weighted by molar-refractivity contribution is -0.133. The van der Waals surface area contributed by atoms with Crippen molar-refractivity contribution < 1.29 is 18.0 Å². The molecule has 14 heavy (non-hydrogen) atoms. The molecular formula is C6H9ClN2O4S. The highest BCUT2D eigenvalue weighted by Crippen LogP contribution is 2.06. The second-order valence-corrected chi connectivity index (χ2v) is 3.14. The standard InChI is InChI=1S/C5H5ClN2.CH4O4S/c6-5-3-4(7)1-2-8-5;1-4-6(3)5-2/h1-3H,(H2,7,8);2H,1H3. The maximum atomic E-state index is 9.60. The van der Waals surface area contributed by atoms with Crippen LogP contribution >= 0.6 is 11.6 Å². The van der Waals surface area contributed by atoms with E-state index in [0.717, 1.165) is 7.11 Å². The van der Waals surface area contributed by atoms with Gasteiger partial charge in [0.15, 0.2) is 0 Å². The van der Waals surface area contributed by atoms with E-state index >= 15 is 0 Å². The van der Waals surface area contributed by atoms with Crippen molar-refractivity contribution in [3.8, 4) is 0 Å². The molecule has 0 aliphatic heterocycles. The molecule has 0 saturated carbocycles. The molecule has 1 heterocycles. The van der Waals surface area contributed by atoms with Gasteiger partial charge in [-0.15, -0.1) is 4.33 Å². The summed E-state index contributed by atoms with van der Waals surface area (Å²) in [5.41, 5.74) is 5.98. The minimum Gasteiger partial charge on any atom is -0.399 e. The first-order chi connectivity index (χ1) is 6.60. The molecule has 1 aromatic heterocycles. The Morgan fingerprint density at radius 3 is 2.57 bits per heavy atom. The van der Waals surface area contributed by atoms with Crippen LogP contribution in [0.15, 0.2) is 18.3 Å². The van der Waals surface area contributed by atoms with E-state index in [0.29, 0.717) is 10.8 Å². The molecule has 3 N–H and O–H groups in total. The number of hydrogen-bond acceptors (Lipinski definition) is 6. The molecule has 0 aromatic carbocycles. The van der Waals surface area contributed by atoms with E-state index in [1.807, 2.05) is 0 Å². The zero-order valence-electron chi connectivity index (χ0n) is 7.21. The highest BCUT2D eigenvalue weighted by molar-refractivity contribution is 7.75. The van der Waals surface area contributed by atoms with Crippen LogP contribution in [0.25, 0.3) is 0 Å². The molecule has 6 nitrogen and oxygen atoms in total. The normalized spacial score (nSPS) is 11.4. The number of pyridine rings is 1. The monoisotopic (exact) mass is 240 g/mol. The van der Waals surface area contributed by atoms with Crippen LogP contribution in [0.2, 0.25) is 5.15 Å². The van der Waals surface area contributed by atoms with Gasteiger partial charge in [0.25, 0.3) is 0 Å². The lowest BCUT2D eigenvalue weighted by atomic mass is 10.4. The van der Waals surface area contributed by atoms with Gasteiger partial charge in [-0.1, -0.05) is 11.6 Å². The maximum absolute atomic E-state index is 9.60. The average Bonchev–Trinajstić information content (AvgIpc) is 2.17. The summed E-state index contributed by atoms with van der Waals surface area (Å²) in [5.74, 6) is 0. The minimum atomic E-state index is -1.98. The van der Waals surface area contributed by atoms with Gasteiger partial charge in [-0.3, -0.25) is 4.18 Å². The van der Waals surface area contributed by atoms with Crippen molar-refractivity contribution in [3.63, 3.8) is 0 Å². The van der Waals surface area contributed by atoms with E-state index in [4.69, 9.17) is 22.6 Å². The van der Waals surface area contributed by atoms with Gasteiger partial charge in [-0.25, -0.2) is 10.2 Å². The van der Waals surface area contributed by atoms with E-state index in [1.165, 1.54) is 0 Å². The number of hydrogen-bond donors (Lipinski definition) is 2. The van der Waals surface area contributed by atoms with E-state index < -0.39 is 11.4 Å². The van der Waals surface area contributed by atoms with E-state index in [2.05, 4.69) is 13.5 Å². The van der Waals surface area contributed by atoms with Gasteiger partial charge in [-0.05, 0) is 12.1 Å². The third-order valence-electron chi connectivity index (χ3n) is 0.948. The summed E-state index contributed by atoms with van der Waals surface area (Å²) >= 11 is 3.48. The van der Waals surface area contributed by atoms with Crippen LogP contribution < -0.4 is 5.73 Å². The van der Waals surface area contributed by atoms with Gasteiger partial charge in [0.05, 0.1) is 7.11 Å². The van der Waals surface area contributed by atoms with E-state index in [9.17, 15) is 4.21 Å². The Bertz CT molecular complexity index is 276. The van der Waals surface area contributed by atoms with Gasteiger partial charge in [0, 0.05) is 11.9 Å². The van der Waals surface area contributed by atoms with Crippen molar-refractivity contribution in [2.24, 2.45) is 0 Å². The second kappa shape index (κ2) is 7.65. The predicted molar refractivity (Wildman–Crippen MR) is 52.5 cm³/mol. The van der Waals surface area contributed by atoms with Crippen LogP contribution in [0.5, 0.6) is 0 Å². The molecule has 0 bridgehead atoms. The molecule has 1 aromatic rings. The van der Waals surface area contributed by atoms with Crippen molar-refractivity contribution in [1.82, 2.24) is 4.98 Å². The molecule has 0 spiro atoms. The summed E-state index contributed by atoms with van der Waals surface area (Å²) in [6, 6.07) is 3.29. The largest absolute Gasteiger partial charge is 0.399 e. The van der Waals surface area contributed by atoms with Crippen LogP contribution in [0, 0.1) is 0 Å². The number of rotatable bonds is 2. The number of nitrogens with zero attached hydrogens (tertiary/aromatic N) is 1. The Morgan fingerprint density at radius 1 is 1.71 bits per heavy atom. The van der Waals surface area contributed by atoms with Crippen molar-refractivity contribution in [1.29, 1.82) is 0 Å². The number of nitrogen functional groups attached to an aromatic ring is 1. The second-order valence-electron chi connectivity index (χ2n) is 1.86. The lowest BCUT2D eigenvalue weighted by Crippen LogP contribution is -1.92. The fourth-order valence-electron chi connectivity index (χ4n) is 0.448. The SMILES string of the molecule is COS(=O)OO.Nc1ccnc(Cl)c1. The molecule has 80 valence electrons. The smallest absolute Gasteiger partial charge is 0.333 e. The van der Waals surface area contributed by atoms with Crippen molar-refractivity contribution in [2.75, 3.05) is 12.8 Å².